The van der Waals surface area contributed by atoms with Gasteiger partial charge in [-0.25, -0.2) is 8.78 Å². The van der Waals surface area contributed by atoms with Crippen molar-refractivity contribution in [3.05, 3.63) is 64.2 Å². The number of carbonyl (C=O) groups excluding carboxylic acids is 1. The predicted octanol–water partition coefficient (Wildman–Crippen LogP) is 4.40. The quantitative estimate of drug-likeness (QED) is 0.782. The van der Waals surface area contributed by atoms with Gasteiger partial charge in [-0.3, -0.25) is 4.79 Å². The minimum absolute atomic E-state index is 0.0552. The van der Waals surface area contributed by atoms with Crippen molar-refractivity contribution in [1.29, 1.82) is 0 Å². The summed E-state index contributed by atoms with van der Waals surface area (Å²) in [7, 11) is 0. The Balaban J connectivity index is 2.24. The third kappa shape index (κ3) is 3.33. The van der Waals surface area contributed by atoms with Crippen LogP contribution in [0.3, 0.4) is 0 Å². The zero-order chi connectivity index (χ0) is 14.7. The zero-order valence-electron chi connectivity index (χ0n) is 10.6. The van der Waals surface area contributed by atoms with E-state index in [2.05, 4.69) is 0 Å². The maximum atomic E-state index is 13.2. The lowest BCUT2D eigenvalue weighted by molar-refractivity contribution is 0.101. The van der Waals surface area contributed by atoms with Gasteiger partial charge in [0.05, 0.1) is 5.56 Å². The molecule has 0 unspecified atom stereocenters. The first-order valence-electron chi connectivity index (χ1n) is 5.84. The largest absolute Gasteiger partial charge is 0.488 e. The molecule has 0 N–H and O–H groups in total. The van der Waals surface area contributed by atoms with E-state index in [4.69, 9.17) is 16.3 Å². The van der Waals surface area contributed by atoms with E-state index in [-0.39, 0.29) is 23.7 Å². The second kappa shape index (κ2) is 6.01. The lowest BCUT2D eigenvalue weighted by atomic mass is 10.1. The fourth-order valence-electron chi connectivity index (χ4n) is 1.72. The number of rotatable bonds is 4. The summed E-state index contributed by atoms with van der Waals surface area (Å²) in [6.45, 7) is 1.30. The summed E-state index contributed by atoms with van der Waals surface area (Å²) in [6, 6.07) is 7.51. The second-order valence-corrected chi connectivity index (χ2v) is 4.63. The number of ketones is 1. The van der Waals surface area contributed by atoms with Crippen LogP contribution in [0.4, 0.5) is 8.78 Å². The smallest absolute Gasteiger partial charge is 0.163 e. The highest BCUT2D eigenvalue weighted by Crippen LogP contribution is 2.24. The standard InChI is InChI=1S/C15H11ClF2O2/c1-9(19)13-4-2-12(18)7-15(13)20-8-10-6-11(17)3-5-14(10)16/h2-7H,8H2,1H3. The SMILES string of the molecule is CC(=O)c1ccc(F)cc1OCc1cc(F)ccc1Cl. The highest BCUT2D eigenvalue weighted by atomic mass is 35.5. The fraction of sp³-hybridized carbons (Fsp3) is 0.133. The van der Waals surface area contributed by atoms with Crippen LogP contribution in [0, 0.1) is 11.6 Å². The average molecular weight is 297 g/mol. The monoisotopic (exact) mass is 296 g/mol. The van der Waals surface area contributed by atoms with Gasteiger partial charge in [0, 0.05) is 16.7 Å². The number of hydrogen-bond acceptors (Lipinski definition) is 2. The van der Waals surface area contributed by atoms with Gasteiger partial charge in [0.1, 0.15) is 24.0 Å². The molecule has 0 heterocycles. The minimum Gasteiger partial charge on any atom is -0.488 e. The number of halogens is 3. The maximum Gasteiger partial charge on any atom is 0.163 e. The maximum absolute atomic E-state index is 13.2. The van der Waals surface area contributed by atoms with Crippen LogP contribution in [0.1, 0.15) is 22.8 Å². The van der Waals surface area contributed by atoms with Crippen LogP contribution < -0.4 is 4.74 Å². The predicted molar refractivity (Wildman–Crippen MR) is 72.1 cm³/mol. The molecule has 104 valence electrons. The van der Waals surface area contributed by atoms with Gasteiger partial charge in [0.2, 0.25) is 0 Å². The molecule has 0 atom stereocenters. The first-order valence-corrected chi connectivity index (χ1v) is 6.22. The van der Waals surface area contributed by atoms with Crippen molar-refractivity contribution in [2.24, 2.45) is 0 Å². The van der Waals surface area contributed by atoms with Crippen molar-refractivity contribution in [3.8, 4) is 5.75 Å². The Labute approximate surface area is 119 Å². The Morgan fingerprint density at radius 2 is 1.80 bits per heavy atom. The van der Waals surface area contributed by atoms with Crippen molar-refractivity contribution in [3.63, 3.8) is 0 Å². The molecule has 2 aromatic carbocycles. The van der Waals surface area contributed by atoms with Crippen LogP contribution in [0.2, 0.25) is 5.02 Å². The Morgan fingerprint density at radius 1 is 1.15 bits per heavy atom. The molecule has 0 radical (unpaired) electrons. The molecule has 2 aromatic rings. The summed E-state index contributed by atoms with van der Waals surface area (Å²) in [5.41, 5.74) is 0.685. The normalized spacial score (nSPS) is 10.4. The Morgan fingerprint density at radius 3 is 2.50 bits per heavy atom. The molecule has 0 saturated carbocycles. The van der Waals surface area contributed by atoms with Gasteiger partial charge >= 0.3 is 0 Å². The van der Waals surface area contributed by atoms with Gasteiger partial charge in [-0.05, 0) is 37.3 Å². The number of benzene rings is 2. The molecule has 0 bridgehead atoms. The van der Waals surface area contributed by atoms with Crippen LogP contribution in [0.15, 0.2) is 36.4 Å². The van der Waals surface area contributed by atoms with Gasteiger partial charge in [-0.15, -0.1) is 0 Å². The van der Waals surface area contributed by atoms with Crippen molar-refractivity contribution in [2.45, 2.75) is 13.5 Å². The molecule has 0 aromatic heterocycles. The van der Waals surface area contributed by atoms with Crippen LogP contribution in [0.5, 0.6) is 5.75 Å². The summed E-state index contributed by atoms with van der Waals surface area (Å²) in [4.78, 5) is 11.4. The van der Waals surface area contributed by atoms with Gasteiger partial charge in [0.15, 0.2) is 5.78 Å². The van der Waals surface area contributed by atoms with Crippen molar-refractivity contribution in [2.75, 3.05) is 0 Å². The van der Waals surface area contributed by atoms with E-state index in [0.29, 0.717) is 10.6 Å². The number of Topliss-reactive ketones (excluding diaryl/α,β-unsaturated/α-hetero) is 1. The van der Waals surface area contributed by atoms with Crippen molar-refractivity contribution in [1.82, 2.24) is 0 Å². The molecular weight excluding hydrogens is 286 g/mol. The van der Waals surface area contributed by atoms with Crippen LogP contribution in [0.25, 0.3) is 0 Å². The molecule has 2 rings (SSSR count). The molecule has 0 amide bonds. The van der Waals surface area contributed by atoms with Crippen LogP contribution in [-0.4, -0.2) is 5.78 Å². The van der Waals surface area contributed by atoms with E-state index in [9.17, 15) is 13.6 Å². The number of carbonyl (C=O) groups is 1. The first kappa shape index (κ1) is 14.5. The molecule has 0 aliphatic heterocycles. The van der Waals surface area contributed by atoms with Gasteiger partial charge in [0.25, 0.3) is 0 Å². The van der Waals surface area contributed by atoms with Gasteiger partial charge in [-0.2, -0.15) is 0 Å². The van der Waals surface area contributed by atoms with E-state index in [1.54, 1.807) is 0 Å². The van der Waals surface area contributed by atoms with Crippen molar-refractivity contribution >= 4 is 17.4 Å². The van der Waals surface area contributed by atoms with E-state index < -0.39 is 11.6 Å². The van der Waals surface area contributed by atoms with Crippen molar-refractivity contribution < 1.29 is 18.3 Å². The molecule has 0 fully saturated rings. The topological polar surface area (TPSA) is 26.3 Å². The molecular formula is C15H11ClF2O2. The van der Waals surface area contributed by atoms with E-state index in [1.807, 2.05) is 0 Å². The Bertz CT molecular complexity index is 656. The highest BCUT2D eigenvalue weighted by molar-refractivity contribution is 6.31. The lowest BCUT2D eigenvalue weighted by Crippen LogP contribution is -2.03. The first-order chi connectivity index (χ1) is 9.47. The number of hydrogen-bond donors (Lipinski definition) is 0. The zero-order valence-corrected chi connectivity index (χ0v) is 11.4. The molecule has 2 nitrogen and oxygen atoms in total. The average Bonchev–Trinajstić information content (AvgIpc) is 2.39. The van der Waals surface area contributed by atoms with E-state index >= 15 is 0 Å². The molecule has 0 aliphatic carbocycles. The van der Waals surface area contributed by atoms with Crippen LogP contribution >= 0.6 is 11.6 Å². The number of ether oxygens (including phenoxy) is 1. The molecule has 20 heavy (non-hydrogen) atoms. The minimum atomic E-state index is -0.518. The summed E-state index contributed by atoms with van der Waals surface area (Å²) in [5, 5.41) is 0.340. The van der Waals surface area contributed by atoms with E-state index in [1.165, 1.54) is 37.3 Å². The highest BCUT2D eigenvalue weighted by Gasteiger charge is 2.11. The third-order valence-corrected chi connectivity index (χ3v) is 3.08. The Kier molecular flexibility index (Phi) is 4.35. The second-order valence-electron chi connectivity index (χ2n) is 4.22. The molecule has 5 heteroatoms. The molecule has 0 aliphatic rings. The van der Waals surface area contributed by atoms with E-state index in [0.717, 1.165) is 6.07 Å². The van der Waals surface area contributed by atoms with Crippen LogP contribution in [-0.2, 0) is 6.61 Å². The Hall–Kier alpha value is -1.94. The fourth-order valence-corrected chi connectivity index (χ4v) is 1.89. The summed E-state index contributed by atoms with van der Waals surface area (Å²) >= 11 is 5.91. The van der Waals surface area contributed by atoms with Gasteiger partial charge < -0.3 is 4.74 Å². The summed E-state index contributed by atoms with van der Waals surface area (Å²) in [6.07, 6.45) is 0. The summed E-state index contributed by atoms with van der Waals surface area (Å²) in [5.74, 6) is -1.10. The summed E-state index contributed by atoms with van der Waals surface area (Å²) < 4.78 is 31.7. The molecule has 0 spiro atoms. The third-order valence-electron chi connectivity index (χ3n) is 2.71. The molecule has 0 saturated heterocycles. The lowest BCUT2D eigenvalue weighted by Gasteiger charge is -2.11. The van der Waals surface area contributed by atoms with Gasteiger partial charge in [-0.1, -0.05) is 11.6 Å².